The summed E-state index contributed by atoms with van der Waals surface area (Å²) in [5, 5.41) is 28.0. The van der Waals surface area contributed by atoms with Crippen LogP contribution in [-0.2, 0) is 0 Å². The predicted octanol–water partition coefficient (Wildman–Crippen LogP) is 3.82. The molecule has 0 heterocycles. The van der Waals surface area contributed by atoms with Crippen LogP contribution in [-0.4, -0.2) is 23.3 Å². The Morgan fingerprint density at radius 2 is 1.87 bits per heavy atom. The normalized spacial score (nSPS) is 10.9. The highest BCUT2D eigenvalue weighted by Gasteiger charge is 2.10. The maximum atomic E-state index is 10.9. The summed E-state index contributed by atoms with van der Waals surface area (Å²) in [5.41, 5.74) is 1.61. The lowest BCUT2D eigenvalue weighted by atomic mass is 10.0. The van der Waals surface area contributed by atoms with Crippen molar-refractivity contribution in [2.24, 2.45) is 0 Å². The topological polar surface area (TPSA) is 90.5 Å². The molecule has 2 aromatic carbocycles. The SMILES string of the molecule is COc1cc(/C=C(/C#N)c2ccc(C(=O)O)cc2)cc(Cl)c1O. The van der Waals surface area contributed by atoms with Crippen molar-refractivity contribution in [1.82, 2.24) is 0 Å². The molecule has 0 aliphatic rings. The van der Waals surface area contributed by atoms with E-state index in [0.717, 1.165) is 0 Å². The molecule has 2 rings (SSSR count). The largest absolute Gasteiger partial charge is 0.503 e. The molecule has 6 heteroatoms. The number of nitrogens with zero attached hydrogens (tertiary/aromatic N) is 1. The standard InChI is InChI=1S/C17H12ClNO4/c1-23-15-8-10(7-14(18)16(15)20)6-13(9-19)11-2-4-12(5-3-11)17(21)22/h2-8,20H,1H3,(H,21,22)/b13-6-. The van der Waals surface area contributed by atoms with E-state index in [-0.39, 0.29) is 22.1 Å². The van der Waals surface area contributed by atoms with Crippen molar-refractivity contribution in [3.8, 4) is 17.6 Å². The van der Waals surface area contributed by atoms with Gasteiger partial charge in [-0.3, -0.25) is 0 Å². The zero-order valence-electron chi connectivity index (χ0n) is 12.1. The minimum atomic E-state index is -1.03. The highest BCUT2D eigenvalue weighted by Crippen LogP contribution is 2.36. The lowest BCUT2D eigenvalue weighted by molar-refractivity contribution is 0.0697. The molecule has 2 N–H and O–H groups in total. The van der Waals surface area contributed by atoms with E-state index >= 15 is 0 Å². The van der Waals surface area contributed by atoms with Gasteiger partial charge in [-0.2, -0.15) is 5.26 Å². The Bertz CT molecular complexity index is 820. The van der Waals surface area contributed by atoms with Crippen LogP contribution in [0.3, 0.4) is 0 Å². The van der Waals surface area contributed by atoms with E-state index in [1.807, 2.05) is 0 Å². The fraction of sp³-hybridized carbons (Fsp3) is 0.0588. The predicted molar refractivity (Wildman–Crippen MR) is 86.6 cm³/mol. The van der Waals surface area contributed by atoms with Crippen LogP contribution >= 0.6 is 11.6 Å². The fourth-order valence-electron chi connectivity index (χ4n) is 1.97. The first-order valence-corrected chi connectivity index (χ1v) is 6.86. The summed E-state index contributed by atoms with van der Waals surface area (Å²) in [6, 6.07) is 11.1. The first-order valence-electron chi connectivity index (χ1n) is 6.48. The zero-order valence-corrected chi connectivity index (χ0v) is 12.8. The summed E-state index contributed by atoms with van der Waals surface area (Å²) in [7, 11) is 1.40. The zero-order chi connectivity index (χ0) is 17.0. The quantitative estimate of drug-likeness (QED) is 0.657. The molecular weight excluding hydrogens is 318 g/mol. The maximum absolute atomic E-state index is 10.9. The monoisotopic (exact) mass is 329 g/mol. The van der Waals surface area contributed by atoms with Crippen molar-refractivity contribution in [2.75, 3.05) is 7.11 Å². The van der Waals surface area contributed by atoms with Gasteiger partial charge in [-0.05, 0) is 41.5 Å². The Kier molecular flexibility index (Phi) is 4.89. The molecule has 0 bridgehead atoms. The second kappa shape index (κ2) is 6.86. The Labute approximate surface area is 137 Å². The second-order valence-electron chi connectivity index (χ2n) is 4.61. The molecule has 2 aromatic rings. The third-order valence-corrected chi connectivity index (χ3v) is 3.43. The van der Waals surface area contributed by atoms with Gasteiger partial charge in [0.1, 0.15) is 0 Å². The smallest absolute Gasteiger partial charge is 0.335 e. The Balaban J connectivity index is 2.45. The number of allylic oxidation sites excluding steroid dienone is 1. The van der Waals surface area contributed by atoms with Crippen LogP contribution in [0.15, 0.2) is 36.4 Å². The number of benzene rings is 2. The van der Waals surface area contributed by atoms with Gasteiger partial charge in [0.05, 0.1) is 29.3 Å². The fourth-order valence-corrected chi connectivity index (χ4v) is 2.19. The lowest BCUT2D eigenvalue weighted by Gasteiger charge is -2.07. The minimum Gasteiger partial charge on any atom is -0.503 e. The van der Waals surface area contributed by atoms with Crippen molar-refractivity contribution < 1.29 is 19.7 Å². The number of aromatic hydroxyl groups is 1. The van der Waals surface area contributed by atoms with Crippen molar-refractivity contribution in [1.29, 1.82) is 5.26 Å². The highest BCUT2D eigenvalue weighted by molar-refractivity contribution is 6.32. The van der Waals surface area contributed by atoms with Crippen LogP contribution in [0, 0.1) is 11.3 Å². The number of nitriles is 1. The molecule has 0 saturated carbocycles. The van der Waals surface area contributed by atoms with Gasteiger partial charge in [0, 0.05) is 0 Å². The molecule has 0 radical (unpaired) electrons. The maximum Gasteiger partial charge on any atom is 0.335 e. The first kappa shape index (κ1) is 16.4. The molecule has 0 aromatic heterocycles. The molecule has 116 valence electrons. The van der Waals surface area contributed by atoms with Crippen molar-refractivity contribution in [2.45, 2.75) is 0 Å². The van der Waals surface area contributed by atoms with E-state index in [0.29, 0.717) is 16.7 Å². The number of hydrogen-bond donors (Lipinski definition) is 2. The molecule has 0 atom stereocenters. The van der Waals surface area contributed by atoms with Crippen molar-refractivity contribution in [3.05, 3.63) is 58.1 Å². The van der Waals surface area contributed by atoms with E-state index in [1.165, 1.54) is 25.3 Å². The Morgan fingerprint density at radius 3 is 2.39 bits per heavy atom. The number of phenolic OH excluding ortho intramolecular Hbond substituents is 1. The van der Waals surface area contributed by atoms with Gasteiger partial charge in [0.15, 0.2) is 11.5 Å². The van der Waals surface area contributed by atoms with Gasteiger partial charge in [-0.1, -0.05) is 23.7 Å². The summed E-state index contributed by atoms with van der Waals surface area (Å²) in [6.07, 6.45) is 1.57. The van der Waals surface area contributed by atoms with E-state index in [4.69, 9.17) is 21.4 Å². The van der Waals surface area contributed by atoms with Crippen LogP contribution in [0.4, 0.5) is 0 Å². The number of methoxy groups -OCH3 is 1. The molecule has 0 aliphatic heterocycles. The van der Waals surface area contributed by atoms with Gasteiger partial charge < -0.3 is 14.9 Å². The summed E-state index contributed by atoms with van der Waals surface area (Å²) in [4.78, 5) is 10.9. The third-order valence-electron chi connectivity index (χ3n) is 3.14. The van der Waals surface area contributed by atoms with Gasteiger partial charge >= 0.3 is 5.97 Å². The molecule has 0 amide bonds. The number of carboxylic acids is 1. The molecule has 0 aliphatic carbocycles. The van der Waals surface area contributed by atoms with Crippen molar-refractivity contribution in [3.63, 3.8) is 0 Å². The number of carbonyl (C=O) groups is 1. The van der Waals surface area contributed by atoms with Crippen LogP contribution < -0.4 is 4.74 Å². The second-order valence-corrected chi connectivity index (χ2v) is 5.01. The summed E-state index contributed by atoms with van der Waals surface area (Å²) < 4.78 is 5.02. The third kappa shape index (κ3) is 3.62. The number of carboxylic acid groups (broad SMARTS) is 1. The molecular formula is C17H12ClNO4. The van der Waals surface area contributed by atoms with E-state index in [9.17, 15) is 15.2 Å². The summed E-state index contributed by atoms with van der Waals surface area (Å²) in [6.45, 7) is 0. The first-order chi connectivity index (χ1) is 11.0. The molecule has 23 heavy (non-hydrogen) atoms. The molecule has 0 fully saturated rings. The Morgan fingerprint density at radius 1 is 1.26 bits per heavy atom. The van der Waals surface area contributed by atoms with E-state index < -0.39 is 5.97 Å². The van der Waals surface area contributed by atoms with Crippen LogP contribution in [0.1, 0.15) is 21.5 Å². The molecule has 0 saturated heterocycles. The van der Waals surface area contributed by atoms with Gasteiger partial charge in [0.25, 0.3) is 0 Å². The Hall–Kier alpha value is -2.97. The van der Waals surface area contributed by atoms with Gasteiger partial charge in [-0.25, -0.2) is 4.79 Å². The number of hydrogen-bond acceptors (Lipinski definition) is 4. The number of rotatable bonds is 4. The minimum absolute atomic E-state index is 0.106. The van der Waals surface area contributed by atoms with E-state index in [2.05, 4.69) is 6.07 Å². The average molecular weight is 330 g/mol. The molecule has 5 nitrogen and oxygen atoms in total. The van der Waals surface area contributed by atoms with Gasteiger partial charge in [0.2, 0.25) is 0 Å². The summed E-state index contributed by atoms with van der Waals surface area (Å²) in [5.74, 6) is -1.01. The van der Waals surface area contributed by atoms with Crippen LogP contribution in [0.25, 0.3) is 11.6 Å². The number of halogens is 1. The van der Waals surface area contributed by atoms with E-state index in [1.54, 1.807) is 24.3 Å². The number of aromatic carboxylic acids is 1. The van der Waals surface area contributed by atoms with Gasteiger partial charge in [-0.15, -0.1) is 0 Å². The lowest BCUT2D eigenvalue weighted by Crippen LogP contribution is -1.95. The molecule has 0 unspecified atom stereocenters. The van der Waals surface area contributed by atoms with Crippen LogP contribution in [0.5, 0.6) is 11.5 Å². The number of phenols is 1. The average Bonchev–Trinajstić information content (AvgIpc) is 2.55. The number of ether oxygens (including phenoxy) is 1. The van der Waals surface area contributed by atoms with Crippen molar-refractivity contribution >= 4 is 29.2 Å². The molecule has 0 spiro atoms. The highest BCUT2D eigenvalue weighted by atomic mass is 35.5. The summed E-state index contributed by atoms with van der Waals surface area (Å²) >= 11 is 5.92. The van der Waals surface area contributed by atoms with Crippen LogP contribution in [0.2, 0.25) is 5.02 Å².